The maximum absolute atomic E-state index is 5.41. The van der Waals surface area contributed by atoms with E-state index in [4.69, 9.17) is 4.74 Å². The molecule has 1 nitrogen and oxygen atoms in total. The first-order valence-electron chi connectivity index (χ1n) is 6.66. The van der Waals surface area contributed by atoms with Gasteiger partial charge in [0.15, 0.2) is 0 Å². The van der Waals surface area contributed by atoms with Crippen LogP contribution in [-0.2, 0) is 4.74 Å². The van der Waals surface area contributed by atoms with E-state index in [1.54, 1.807) is 0 Å². The van der Waals surface area contributed by atoms with Crippen molar-refractivity contribution in [3.05, 3.63) is 12.7 Å². The molecular formula is C14H26O. The first kappa shape index (κ1) is 12.8. The number of rotatable bonds is 10. The molecule has 88 valence electrons. The summed E-state index contributed by atoms with van der Waals surface area (Å²) in [5.74, 6) is 0. The predicted molar refractivity (Wildman–Crippen MR) is 66.1 cm³/mol. The highest BCUT2D eigenvalue weighted by atomic mass is 16.6. The van der Waals surface area contributed by atoms with Crippen molar-refractivity contribution >= 4 is 0 Å². The Bertz CT molecular complexity index is 165. The molecule has 0 radical (unpaired) electrons. The van der Waals surface area contributed by atoms with Gasteiger partial charge in [0, 0.05) is 0 Å². The van der Waals surface area contributed by atoms with Gasteiger partial charge in [0.25, 0.3) is 0 Å². The summed E-state index contributed by atoms with van der Waals surface area (Å²) in [6.07, 6.45) is 15.3. The molecule has 1 fully saturated rings. The highest BCUT2D eigenvalue weighted by Crippen LogP contribution is 2.28. The normalized spacial score (nSPS) is 24.1. The number of hydrogen-bond donors (Lipinski definition) is 0. The fraction of sp³-hybridized carbons (Fsp3) is 0.857. The molecule has 0 aromatic heterocycles. The Labute approximate surface area is 94.9 Å². The van der Waals surface area contributed by atoms with Crippen LogP contribution in [0, 0.1) is 0 Å². The molecule has 0 saturated carbocycles. The van der Waals surface area contributed by atoms with E-state index in [0.717, 1.165) is 0 Å². The minimum absolute atomic E-state index is 0.384. The topological polar surface area (TPSA) is 12.5 Å². The highest BCUT2D eigenvalue weighted by Gasteiger charge is 2.34. The third kappa shape index (κ3) is 5.99. The molecule has 0 aromatic rings. The van der Waals surface area contributed by atoms with Gasteiger partial charge >= 0.3 is 0 Å². The third-order valence-electron chi connectivity index (χ3n) is 3.20. The lowest BCUT2D eigenvalue weighted by Crippen LogP contribution is -1.90. The summed E-state index contributed by atoms with van der Waals surface area (Å²) in [5, 5.41) is 0. The Morgan fingerprint density at radius 1 is 1.00 bits per heavy atom. The minimum Gasteiger partial charge on any atom is -0.365 e. The number of ether oxygens (including phenoxy) is 1. The van der Waals surface area contributed by atoms with E-state index in [0.29, 0.717) is 12.2 Å². The number of epoxide rings is 1. The summed E-state index contributed by atoms with van der Waals surface area (Å²) in [6.45, 7) is 6.00. The van der Waals surface area contributed by atoms with Crippen LogP contribution in [0.15, 0.2) is 12.7 Å². The van der Waals surface area contributed by atoms with E-state index in [-0.39, 0.29) is 0 Å². The first-order chi connectivity index (χ1) is 7.38. The van der Waals surface area contributed by atoms with E-state index < -0.39 is 0 Å². The van der Waals surface area contributed by atoms with Crippen LogP contribution in [0.1, 0.15) is 64.7 Å². The second-order valence-electron chi connectivity index (χ2n) is 4.64. The highest BCUT2D eigenvalue weighted by molar-refractivity contribution is 4.97. The zero-order valence-electron chi connectivity index (χ0n) is 10.2. The van der Waals surface area contributed by atoms with Crippen molar-refractivity contribution < 1.29 is 4.74 Å². The summed E-state index contributed by atoms with van der Waals surface area (Å²) in [4.78, 5) is 0. The zero-order chi connectivity index (χ0) is 10.9. The van der Waals surface area contributed by atoms with E-state index in [2.05, 4.69) is 13.5 Å². The molecule has 15 heavy (non-hydrogen) atoms. The van der Waals surface area contributed by atoms with Crippen molar-refractivity contribution in [2.45, 2.75) is 76.9 Å². The van der Waals surface area contributed by atoms with Gasteiger partial charge in [0.05, 0.1) is 6.10 Å². The van der Waals surface area contributed by atoms with Gasteiger partial charge in [-0.1, -0.05) is 64.4 Å². The van der Waals surface area contributed by atoms with Gasteiger partial charge in [0.1, 0.15) is 6.10 Å². The van der Waals surface area contributed by atoms with Crippen molar-refractivity contribution in [2.75, 3.05) is 0 Å². The Kier molecular flexibility index (Phi) is 6.74. The lowest BCUT2D eigenvalue weighted by molar-refractivity contribution is 0.372. The van der Waals surface area contributed by atoms with E-state index >= 15 is 0 Å². The van der Waals surface area contributed by atoms with Crippen LogP contribution in [0.3, 0.4) is 0 Å². The molecule has 0 N–H and O–H groups in total. The van der Waals surface area contributed by atoms with Crippen molar-refractivity contribution in [3.8, 4) is 0 Å². The van der Waals surface area contributed by atoms with Crippen molar-refractivity contribution in [1.82, 2.24) is 0 Å². The average molecular weight is 210 g/mol. The standard InChI is InChI=1S/C14H26O/c1-3-5-6-7-8-9-10-11-12-14-13(4-2)15-14/h4,13-14H,2-3,5-12H2,1H3/t13-,14+/m1/s1. The Morgan fingerprint density at radius 3 is 2.13 bits per heavy atom. The SMILES string of the molecule is C=C[C@H]1O[C@H]1CCCCCCCCCC. The molecule has 1 rings (SSSR count). The molecular weight excluding hydrogens is 184 g/mol. The van der Waals surface area contributed by atoms with Crippen molar-refractivity contribution in [2.24, 2.45) is 0 Å². The maximum Gasteiger partial charge on any atom is 0.102 e. The molecule has 1 heteroatoms. The molecule has 0 bridgehead atoms. The maximum atomic E-state index is 5.41. The van der Waals surface area contributed by atoms with Crippen LogP contribution < -0.4 is 0 Å². The molecule has 1 heterocycles. The Morgan fingerprint density at radius 2 is 1.60 bits per heavy atom. The van der Waals surface area contributed by atoms with Gasteiger partial charge in [-0.15, -0.1) is 6.58 Å². The van der Waals surface area contributed by atoms with E-state index in [9.17, 15) is 0 Å². The lowest BCUT2D eigenvalue weighted by atomic mass is 10.1. The summed E-state index contributed by atoms with van der Waals surface area (Å²) in [6, 6.07) is 0. The van der Waals surface area contributed by atoms with Crippen LogP contribution in [0.4, 0.5) is 0 Å². The van der Waals surface area contributed by atoms with Gasteiger partial charge in [0.2, 0.25) is 0 Å². The first-order valence-corrected chi connectivity index (χ1v) is 6.66. The van der Waals surface area contributed by atoms with Gasteiger partial charge in [-0.3, -0.25) is 0 Å². The van der Waals surface area contributed by atoms with E-state index in [1.807, 2.05) is 6.08 Å². The average Bonchev–Trinajstić information content (AvgIpc) is 3.01. The van der Waals surface area contributed by atoms with Gasteiger partial charge in [-0.05, 0) is 6.42 Å². The molecule has 1 aliphatic rings. The summed E-state index contributed by atoms with van der Waals surface area (Å²) in [5.41, 5.74) is 0. The summed E-state index contributed by atoms with van der Waals surface area (Å²) < 4.78 is 5.41. The van der Waals surface area contributed by atoms with Gasteiger partial charge in [-0.25, -0.2) is 0 Å². The second-order valence-corrected chi connectivity index (χ2v) is 4.64. The molecule has 0 unspecified atom stereocenters. The quantitative estimate of drug-likeness (QED) is 0.294. The second kappa shape index (κ2) is 7.92. The van der Waals surface area contributed by atoms with Crippen LogP contribution in [-0.4, -0.2) is 12.2 Å². The van der Waals surface area contributed by atoms with Crippen LogP contribution in [0.5, 0.6) is 0 Å². The minimum atomic E-state index is 0.384. The zero-order valence-corrected chi connectivity index (χ0v) is 10.2. The van der Waals surface area contributed by atoms with Crippen molar-refractivity contribution in [1.29, 1.82) is 0 Å². The lowest BCUT2D eigenvalue weighted by Gasteiger charge is -2.00. The van der Waals surface area contributed by atoms with Gasteiger partial charge in [-0.2, -0.15) is 0 Å². The number of hydrogen-bond acceptors (Lipinski definition) is 1. The largest absolute Gasteiger partial charge is 0.365 e. The number of unbranched alkanes of at least 4 members (excludes halogenated alkanes) is 7. The van der Waals surface area contributed by atoms with Crippen LogP contribution >= 0.6 is 0 Å². The molecule has 0 spiro atoms. The molecule has 2 atom stereocenters. The molecule has 0 amide bonds. The molecule has 0 aliphatic carbocycles. The fourth-order valence-electron chi connectivity index (χ4n) is 2.08. The van der Waals surface area contributed by atoms with Crippen LogP contribution in [0.25, 0.3) is 0 Å². The predicted octanol–water partition coefficient (Wildman–Crippen LogP) is 4.47. The Balaban J connectivity index is 1.72. The summed E-state index contributed by atoms with van der Waals surface area (Å²) >= 11 is 0. The monoisotopic (exact) mass is 210 g/mol. The third-order valence-corrected chi connectivity index (χ3v) is 3.20. The molecule has 1 saturated heterocycles. The Hall–Kier alpha value is -0.300. The summed E-state index contributed by atoms with van der Waals surface area (Å²) in [7, 11) is 0. The smallest absolute Gasteiger partial charge is 0.102 e. The fourth-order valence-corrected chi connectivity index (χ4v) is 2.08. The molecule has 0 aromatic carbocycles. The molecule has 1 aliphatic heterocycles. The van der Waals surface area contributed by atoms with E-state index in [1.165, 1.54) is 57.8 Å². The van der Waals surface area contributed by atoms with Crippen molar-refractivity contribution in [3.63, 3.8) is 0 Å². The van der Waals surface area contributed by atoms with Crippen LogP contribution in [0.2, 0.25) is 0 Å². The van der Waals surface area contributed by atoms with Gasteiger partial charge < -0.3 is 4.74 Å².